The lowest BCUT2D eigenvalue weighted by molar-refractivity contribution is -0.122. The Balaban J connectivity index is 1.91. The van der Waals surface area contributed by atoms with Gasteiger partial charge in [-0.3, -0.25) is 10.1 Å². The molecule has 0 saturated heterocycles. The van der Waals surface area contributed by atoms with Crippen molar-refractivity contribution >= 4 is 12.0 Å². The van der Waals surface area contributed by atoms with Gasteiger partial charge in [0.2, 0.25) is 0 Å². The smallest absolute Gasteiger partial charge is 0.413 e. The highest BCUT2D eigenvalue weighted by Crippen LogP contribution is 2.22. The summed E-state index contributed by atoms with van der Waals surface area (Å²) in [6.45, 7) is 1.56. The molecule has 0 spiro atoms. The molecule has 0 aliphatic carbocycles. The number of alkyl carbamates (subject to hydrolysis) is 1. The number of amides is 2. The molecular weight excluding hydrogens is 308 g/mol. The Morgan fingerprint density at radius 1 is 1.04 bits per heavy atom. The number of ether oxygens (including phenoxy) is 2. The third-order valence-electron chi connectivity index (χ3n) is 3.09. The van der Waals surface area contributed by atoms with Gasteiger partial charge in [-0.05, 0) is 42.3 Å². The van der Waals surface area contributed by atoms with Crippen molar-refractivity contribution in [3.63, 3.8) is 0 Å². The van der Waals surface area contributed by atoms with Gasteiger partial charge in [0.1, 0.15) is 5.75 Å². The predicted molar refractivity (Wildman–Crippen MR) is 87.3 cm³/mol. The quantitative estimate of drug-likeness (QED) is 0.913. The lowest BCUT2D eigenvalue weighted by Gasteiger charge is -2.08. The fourth-order valence-corrected chi connectivity index (χ4v) is 1.95. The Kier molecular flexibility index (Phi) is 5.92. The molecule has 0 aromatic heterocycles. The molecule has 0 radical (unpaired) electrons. The Hall–Kier alpha value is -3.33. The Morgan fingerprint density at radius 3 is 2.17 bits per heavy atom. The number of hydrogen-bond donors (Lipinski definition) is 1. The molecule has 0 atom stereocenters. The van der Waals surface area contributed by atoms with Crippen LogP contribution in [-0.4, -0.2) is 25.2 Å². The molecule has 2 aromatic rings. The van der Waals surface area contributed by atoms with E-state index in [9.17, 15) is 9.59 Å². The summed E-state index contributed by atoms with van der Waals surface area (Å²) in [5.74, 6) is -0.0731. The van der Waals surface area contributed by atoms with Crippen molar-refractivity contribution in [1.29, 1.82) is 5.26 Å². The zero-order valence-electron chi connectivity index (χ0n) is 13.1. The van der Waals surface area contributed by atoms with E-state index in [4.69, 9.17) is 10.00 Å². The summed E-state index contributed by atoms with van der Waals surface area (Å²) in [5.41, 5.74) is 2.54. The summed E-state index contributed by atoms with van der Waals surface area (Å²) in [4.78, 5) is 22.6. The molecule has 2 rings (SSSR count). The molecule has 6 nitrogen and oxygen atoms in total. The second-order valence-corrected chi connectivity index (χ2v) is 4.77. The topological polar surface area (TPSA) is 88.4 Å². The number of benzene rings is 2. The third-order valence-corrected chi connectivity index (χ3v) is 3.09. The van der Waals surface area contributed by atoms with Crippen molar-refractivity contribution in [3.05, 3.63) is 54.1 Å². The molecule has 24 heavy (non-hydrogen) atoms. The summed E-state index contributed by atoms with van der Waals surface area (Å²) in [5, 5.41) is 10.8. The van der Waals surface area contributed by atoms with Gasteiger partial charge in [0, 0.05) is 0 Å². The van der Waals surface area contributed by atoms with E-state index in [1.807, 2.05) is 29.6 Å². The highest BCUT2D eigenvalue weighted by molar-refractivity contribution is 5.92. The molecule has 0 unspecified atom stereocenters. The molecule has 6 heteroatoms. The first-order valence-corrected chi connectivity index (χ1v) is 7.32. The molecule has 0 aliphatic heterocycles. The van der Waals surface area contributed by atoms with E-state index >= 15 is 0 Å². The molecule has 1 N–H and O–H groups in total. The highest BCUT2D eigenvalue weighted by Gasteiger charge is 2.08. The normalized spacial score (nSPS) is 9.67. The lowest BCUT2D eigenvalue weighted by atomic mass is 10.0. The zero-order chi connectivity index (χ0) is 17.4. The molecule has 122 valence electrons. The number of imide groups is 1. The first kappa shape index (κ1) is 17.0. The molecule has 0 bridgehead atoms. The average Bonchev–Trinajstić information content (AvgIpc) is 2.61. The monoisotopic (exact) mass is 324 g/mol. The van der Waals surface area contributed by atoms with Crippen LogP contribution in [0.5, 0.6) is 5.75 Å². The van der Waals surface area contributed by atoms with Crippen LogP contribution in [0.15, 0.2) is 48.5 Å². The van der Waals surface area contributed by atoms with Gasteiger partial charge in [0.15, 0.2) is 6.61 Å². The molecule has 2 amide bonds. The minimum Gasteiger partial charge on any atom is -0.484 e. The molecule has 0 saturated carbocycles. The number of nitriles is 1. The van der Waals surface area contributed by atoms with E-state index in [1.54, 1.807) is 31.2 Å². The van der Waals surface area contributed by atoms with Gasteiger partial charge < -0.3 is 9.47 Å². The standard InChI is InChI=1S/C18H16N2O4/c1-2-23-18(22)20-17(21)12-24-16-9-7-15(8-10-16)14-5-3-13(11-19)4-6-14/h3-10H,2,12H2,1H3,(H,20,21,22). The number of nitrogens with zero attached hydrogens (tertiary/aromatic N) is 1. The van der Waals surface area contributed by atoms with Crippen LogP contribution in [-0.2, 0) is 9.53 Å². The largest absolute Gasteiger partial charge is 0.484 e. The summed E-state index contributed by atoms with van der Waals surface area (Å²) in [6.07, 6.45) is -0.790. The Bertz CT molecular complexity index is 746. The van der Waals surface area contributed by atoms with E-state index in [1.165, 1.54) is 0 Å². The summed E-state index contributed by atoms with van der Waals surface area (Å²) in [7, 11) is 0. The van der Waals surface area contributed by atoms with Crippen LogP contribution in [0.3, 0.4) is 0 Å². The van der Waals surface area contributed by atoms with Crippen molar-refractivity contribution in [2.24, 2.45) is 0 Å². The van der Waals surface area contributed by atoms with E-state index in [2.05, 4.69) is 10.8 Å². The van der Waals surface area contributed by atoms with Crippen molar-refractivity contribution < 1.29 is 19.1 Å². The zero-order valence-corrected chi connectivity index (χ0v) is 13.1. The number of nitrogens with one attached hydrogen (secondary N) is 1. The summed E-state index contributed by atoms with van der Waals surface area (Å²) >= 11 is 0. The van der Waals surface area contributed by atoms with Gasteiger partial charge in [-0.25, -0.2) is 4.79 Å². The third kappa shape index (κ3) is 4.85. The van der Waals surface area contributed by atoms with Crippen molar-refractivity contribution in [3.8, 4) is 22.9 Å². The van der Waals surface area contributed by atoms with E-state index in [0.29, 0.717) is 11.3 Å². The van der Waals surface area contributed by atoms with Gasteiger partial charge >= 0.3 is 6.09 Å². The first-order chi connectivity index (χ1) is 11.6. The molecule has 0 fully saturated rings. The fourth-order valence-electron chi connectivity index (χ4n) is 1.95. The Labute approximate surface area is 139 Å². The van der Waals surface area contributed by atoms with Crippen LogP contribution in [0.2, 0.25) is 0 Å². The van der Waals surface area contributed by atoms with Crippen LogP contribution in [0.25, 0.3) is 11.1 Å². The number of carbonyl (C=O) groups is 2. The van der Waals surface area contributed by atoms with Crippen LogP contribution in [0.1, 0.15) is 12.5 Å². The number of rotatable bonds is 5. The number of carbonyl (C=O) groups excluding carboxylic acids is 2. The summed E-state index contributed by atoms with van der Waals surface area (Å²) in [6, 6.07) is 16.4. The second kappa shape index (κ2) is 8.34. The minimum atomic E-state index is -0.790. The maximum atomic E-state index is 11.5. The van der Waals surface area contributed by atoms with Crippen molar-refractivity contribution in [1.82, 2.24) is 5.32 Å². The fraction of sp³-hybridized carbons (Fsp3) is 0.167. The average molecular weight is 324 g/mol. The van der Waals surface area contributed by atoms with Crippen LogP contribution >= 0.6 is 0 Å². The predicted octanol–water partition coefficient (Wildman–Crippen LogP) is 2.88. The van der Waals surface area contributed by atoms with Crippen molar-refractivity contribution in [2.45, 2.75) is 6.92 Å². The van der Waals surface area contributed by atoms with Gasteiger partial charge in [-0.1, -0.05) is 24.3 Å². The molecule has 2 aromatic carbocycles. The number of hydrogen-bond acceptors (Lipinski definition) is 5. The summed E-state index contributed by atoms with van der Waals surface area (Å²) < 4.78 is 9.91. The van der Waals surface area contributed by atoms with Crippen LogP contribution < -0.4 is 10.1 Å². The minimum absolute atomic E-state index is 0.191. The molecule has 0 aliphatic rings. The lowest BCUT2D eigenvalue weighted by Crippen LogP contribution is -2.34. The second-order valence-electron chi connectivity index (χ2n) is 4.77. The SMILES string of the molecule is CCOC(=O)NC(=O)COc1ccc(-c2ccc(C#N)cc2)cc1. The van der Waals surface area contributed by atoms with Gasteiger partial charge in [0.05, 0.1) is 18.2 Å². The van der Waals surface area contributed by atoms with E-state index in [-0.39, 0.29) is 13.2 Å². The van der Waals surface area contributed by atoms with Crippen molar-refractivity contribution in [2.75, 3.05) is 13.2 Å². The van der Waals surface area contributed by atoms with Gasteiger partial charge in [-0.15, -0.1) is 0 Å². The Morgan fingerprint density at radius 2 is 1.62 bits per heavy atom. The van der Waals surface area contributed by atoms with Gasteiger partial charge in [0.25, 0.3) is 5.91 Å². The molecular formula is C18H16N2O4. The maximum Gasteiger partial charge on any atom is 0.413 e. The maximum absolute atomic E-state index is 11.5. The first-order valence-electron chi connectivity index (χ1n) is 7.32. The van der Waals surface area contributed by atoms with Crippen LogP contribution in [0, 0.1) is 11.3 Å². The van der Waals surface area contributed by atoms with Gasteiger partial charge in [-0.2, -0.15) is 5.26 Å². The molecule has 0 heterocycles. The van der Waals surface area contributed by atoms with E-state index < -0.39 is 12.0 Å². The van der Waals surface area contributed by atoms with E-state index in [0.717, 1.165) is 11.1 Å². The highest BCUT2D eigenvalue weighted by atomic mass is 16.5. The van der Waals surface area contributed by atoms with Crippen LogP contribution in [0.4, 0.5) is 4.79 Å².